The van der Waals surface area contributed by atoms with Crippen LogP contribution in [0.1, 0.15) is 12.5 Å². The minimum absolute atomic E-state index is 0.0829. The lowest BCUT2D eigenvalue weighted by molar-refractivity contribution is -0.112. The van der Waals surface area contributed by atoms with Gasteiger partial charge in [-0.15, -0.1) is 6.42 Å². The Bertz CT molecular complexity index is 990. The van der Waals surface area contributed by atoms with Crippen molar-refractivity contribution >= 4 is 45.2 Å². The summed E-state index contributed by atoms with van der Waals surface area (Å²) in [6, 6.07) is 11.9. The zero-order chi connectivity index (χ0) is 20.5. The van der Waals surface area contributed by atoms with Crippen molar-refractivity contribution in [2.24, 2.45) is 0 Å². The van der Waals surface area contributed by atoms with Gasteiger partial charge in [0.15, 0.2) is 11.5 Å². The smallest absolute Gasteiger partial charge is 0.266 e. The zero-order valence-corrected chi connectivity index (χ0v) is 17.3. The molecule has 7 heteroatoms. The molecule has 0 saturated carbocycles. The number of carbonyl (C=O) groups excluding carboxylic acids is 1. The van der Waals surface area contributed by atoms with Crippen LogP contribution in [-0.4, -0.2) is 19.1 Å². The second-order valence-corrected chi connectivity index (χ2v) is 6.67. The topological polar surface area (TPSA) is 71.3 Å². The summed E-state index contributed by atoms with van der Waals surface area (Å²) in [5, 5.41) is 12.5. The first-order chi connectivity index (χ1) is 13.5. The Morgan fingerprint density at radius 3 is 2.71 bits per heavy atom. The number of benzene rings is 2. The largest absolute Gasteiger partial charge is 0.490 e. The predicted molar refractivity (Wildman–Crippen MR) is 113 cm³/mol. The molecule has 0 radical (unpaired) electrons. The summed E-state index contributed by atoms with van der Waals surface area (Å²) in [5.74, 6) is 2.76. The Morgan fingerprint density at radius 2 is 2.07 bits per heavy atom. The lowest BCUT2D eigenvalue weighted by Gasteiger charge is -2.13. The molecule has 0 heterocycles. The number of anilines is 1. The van der Waals surface area contributed by atoms with Crippen molar-refractivity contribution < 1.29 is 14.3 Å². The molecule has 0 unspecified atom stereocenters. The molecule has 0 saturated heterocycles. The Kier molecular flexibility index (Phi) is 7.95. The van der Waals surface area contributed by atoms with E-state index in [-0.39, 0.29) is 12.2 Å². The summed E-state index contributed by atoms with van der Waals surface area (Å²) in [6.07, 6.45) is 6.69. The van der Waals surface area contributed by atoms with Crippen LogP contribution in [0.5, 0.6) is 11.5 Å². The molecule has 2 aromatic carbocycles. The van der Waals surface area contributed by atoms with Crippen molar-refractivity contribution in [2.75, 3.05) is 18.5 Å². The van der Waals surface area contributed by atoms with Crippen LogP contribution < -0.4 is 14.8 Å². The number of hydrogen-bond donors (Lipinski definition) is 1. The van der Waals surface area contributed by atoms with Gasteiger partial charge in [-0.05, 0) is 48.9 Å². The Balaban J connectivity index is 2.34. The number of nitriles is 1. The fourth-order valence-corrected chi connectivity index (χ4v) is 2.86. The minimum Gasteiger partial charge on any atom is -0.490 e. The van der Waals surface area contributed by atoms with E-state index in [2.05, 4.69) is 27.2 Å². The highest BCUT2D eigenvalue weighted by atomic mass is 79.9. The van der Waals surface area contributed by atoms with Gasteiger partial charge in [-0.25, -0.2) is 0 Å². The SMILES string of the molecule is C#CCOc1cc(Br)c(/C=C(/C#N)C(=O)Nc2cccc(Cl)c2)cc1OCC. The Labute approximate surface area is 177 Å². The minimum atomic E-state index is -0.553. The average Bonchev–Trinajstić information content (AvgIpc) is 2.66. The molecule has 142 valence electrons. The Hall–Kier alpha value is -2.93. The van der Waals surface area contributed by atoms with Crippen LogP contribution in [0.25, 0.3) is 6.08 Å². The normalized spacial score (nSPS) is 10.5. The molecule has 0 atom stereocenters. The number of ether oxygens (including phenoxy) is 2. The maximum Gasteiger partial charge on any atom is 0.266 e. The van der Waals surface area contributed by atoms with E-state index in [0.717, 1.165) is 0 Å². The first-order valence-corrected chi connectivity index (χ1v) is 9.37. The molecule has 1 amide bonds. The quantitative estimate of drug-likeness (QED) is 0.357. The van der Waals surface area contributed by atoms with E-state index in [1.165, 1.54) is 6.08 Å². The van der Waals surface area contributed by atoms with Crippen molar-refractivity contribution in [3.63, 3.8) is 0 Å². The second-order valence-electron chi connectivity index (χ2n) is 5.38. The van der Waals surface area contributed by atoms with E-state index in [1.807, 2.05) is 13.0 Å². The van der Waals surface area contributed by atoms with Crippen LogP contribution in [0.2, 0.25) is 5.02 Å². The number of nitrogens with one attached hydrogen (secondary N) is 1. The third-order valence-electron chi connectivity index (χ3n) is 3.42. The number of terminal acetylenes is 1. The van der Waals surface area contributed by atoms with Gasteiger partial charge in [-0.3, -0.25) is 4.79 Å². The van der Waals surface area contributed by atoms with E-state index in [4.69, 9.17) is 27.5 Å². The van der Waals surface area contributed by atoms with Crippen LogP contribution in [0.4, 0.5) is 5.69 Å². The lowest BCUT2D eigenvalue weighted by Crippen LogP contribution is -2.13. The summed E-state index contributed by atoms with van der Waals surface area (Å²) in [4.78, 5) is 12.5. The maximum absolute atomic E-state index is 12.5. The highest BCUT2D eigenvalue weighted by molar-refractivity contribution is 9.10. The van der Waals surface area contributed by atoms with Crippen LogP contribution in [-0.2, 0) is 4.79 Å². The summed E-state index contributed by atoms with van der Waals surface area (Å²) in [6.45, 7) is 2.34. The molecule has 0 aliphatic rings. The van der Waals surface area contributed by atoms with Crippen LogP contribution in [0.15, 0.2) is 46.4 Å². The molecular weight excluding hydrogens is 444 g/mol. The van der Waals surface area contributed by atoms with Crippen molar-refractivity contribution in [2.45, 2.75) is 6.92 Å². The van der Waals surface area contributed by atoms with Gasteiger partial charge >= 0.3 is 0 Å². The number of rotatable bonds is 7. The average molecular weight is 460 g/mol. The third kappa shape index (κ3) is 5.79. The molecule has 0 spiro atoms. The summed E-state index contributed by atoms with van der Waals surface area (Å²) >= 11 is 9.33. The maximum atomic E-state index is 12.5. The molecule has 0 bridgehead atoms. The van der Waals surface area contributed by atoms with E-state index in [9.17, 15) is 10.1 Å². The van der Waals surface area contributed by atoms with Gasteiger partial charge < -0.3 is 14.8 Å². The summed E-state index contributed by atoms with van der Waals surface area (Å²) in [7, 11) is 0. The molecule has 0 aliphatic heterocycles. The predicted octanol–water partition coefficient (Wildman–Crippen LogP) is 5.06. The van der Waals surface area contributed by atoms with Crippen molar-refractivity contribution in [1.29, 1.82) is 5.26 Å². The number of nitrogens with zero attached hydrogens (tertiary/aromatic N) is 1. The fourth-order valence-electron chi connectivity index (χ4n) is 2.23. The van der Waals surface area contributed by atoms with Crippen LogP contribution in [0, 0.1) is 23.7 Å². The van der Waals surface area contributed by atoms with Gasteiger partial charge in [0.25, 0.3) is 5.91 Å². The molecule has 0 fully saturated rings. The molecule has 0 aliphatic carbocycles. The van der Waals surface area contributed by atoms with Crippen LogP contribution >= 0.6 is 27.5 Å². The number of halogens is 2. The molecule has 5 nitrogen and oxygen atoms in total. The number of amides is 1. The van der Waals surface area contributed by atoms with Gasteiger partial charge in [0.2, 0.25) is 0 Å². The molecule has 2 aromatic rings. The monoisotopic (exact) mass is 458 g/mol. The first kappa shape index (κ1) is 21.4. The lowest BCUT2D eigenvalue weighted by atomic mass is 10.1. The van der Waals surface area contributed by atoms with E-state index in [1.54, 1.807) is 36.4 Å². The van der Waals surface area contributed by atoms with E-state index >= 15 is 0 Å². The van der Waals surface area contributed by atoms with Gasteiger partial charge in [0.1, 0.15) is 18.2 Å². The third-order valence-corrected chi connectivity index (χ3v) is 4.34. The number of carbonyl (C=O) groups is 1. The second kappa shape index (κ2) is 10.4. The first-order valence-electron chi connectivity index (χ1n) is 8.19. The molecule has 28 heavy (non-hydrogen) atoms. The van der Waals surface area contributed by atoms with E-state index < -0.39 is 5.91 Å². The molecule has 1 N–H and O–H groups in total. The van der Waals surface area contributed by atoms with Gasteiger partial charge in [-0.1, -0.05) is 39.5 Å². The highest BCUT2D eigenvalue weighted by Crippen LogP contribution is 2.35. The summed E-state index contributed by atoms with van der Waals surface area (Å²) < 4.78 is 11.7. The molecular formula is C21H16BrClN2O3. The fraction of sp³-hybridized carbons (Fsp3) is 0.143. The van der Waals surface area contributed by atoms with Gasteiger partial charge in [0, 0.05) is 15.2 Å². The zero-order valence-electron chi connectivity index (χ0n) is 15.0. The van der Waals surface area contributed by atoms with Crippen molar-refractivity contribution in [3.8, 4) is 29.9 Å². The van der Waals surface area contributed by atoms with Crippen molar-refractivity contribution in [1.82, 2.24) is 0 Å². The molecule has 0 aromatic heterocycles. The standard InChI is InChI=1S/C21H16BrClN2O3/c1-3-8-28-20-12-18(22)14(10-19(20)27-4-2)9-15(13-24)21(26)25-17-7-5-6-16(23)11-17/h1,5-7,9-12H,4,8H2,2H3,(H,25,26)/b15-9-. The van der Waals surface area contributed by atoms with E-state index in [0.29, 0.717) is 38.9 Å². The summed E-state index contributed by atoms with van der Waals surface area (Å²) in [5.41, 5.74) is 0.987. The van der Waals surface area contributed by atoms with Crippen molar-refractivity contribution in [3.05, 3.63) is 57.0 Å². The van der Waals surface area contributed by atoms with Crippen LogP contribution in [0.3, 0.4) is 0 Å². The highest BCUT2D eigenvalue weighted by Gasteiger charge is 2.14. The molecule has 2 rings (SSSR count). The van der Waals surface area contributed by atoms with Gasteiger partial charge in [-0.2, -0.15) is 5.26 Å². The number of hydrogen-bond acceptors (Lipinski definition) is 4. The van der Waals surface area contributed by atoms with Gasteiger partial charge in [0.05, 0.1) is 6.61 Å². The Morgan fingerprint density at radius 1 is 1.32 bits per heavy atom.